The number of aliphatic hydroxyl groups excluding tert-OH is 2. The summed E-state index contributed by atoms with van der Waals surface area (Å²) in [4.78, 5) is 24.4. The predicted molar refractivity (Wildman–Crippen MR) is 278 cm³/mol. The molecule has 0 rings (SSSR count). The van der Waals surface area contributed by atoms with E-state index in [1.807, 2.05) is 6.08 Å². The normalized spacial score (nSPS) is 13.1. The number of hydrogen-bond donors (Lipinski definition) is 3. The van der Waals surface area contributed by atoms with Crippen molar-refractivity contribution in [2.45, 2.75) is 283 Å². The van der Waals surface area contributed by atoms with Gasteiger partial charge in [0.2, 0.25) is 5.91 Å². The van der Waals surface area contributed by atoms with Crippen LogP contribution in [0.25, 0.3) is 0 Å². The first-order chi connectivity index (χ1) is 31.5. The van der Waals surface area contributed by atoms with E-state index in [-0.39, 0.29) is 18.5 Å². The van der Waals surface area contributed by atoms with Gasteiger partial charge in [-0.2, -0.15) is 0 Å². The fourth-order valence-electron chi connectivity index (χ4n) is 8.03. The quantitative estimate of drug-likeness (QED) is 0.0321. The number of allylic oxidation sites excluding steroid dienone is 8. The van der Waals surface area contributed by atoms with Crippen molar-refractivity contribution >= 4 is 11.9 Å². The number of rotatable bonds is 50. The van der Waals surface area contributed by atoms with Crippen molar-refractivity contribution in [3.63, 3.8) is 0 Å². The number of nitrogens with one attached hydrogen (secondary N) is 1. The number of carbonyl (C=O) groups excluding carboxylic acids is 2. The molecule has 0 aliphatic rings. The summed E-state index contributed by atoms with van der Waals surface area (Å²) in [6.45, 7) is 4.74. The zero-order valence-electron chi connectivity index (χ0n) is 42.2. The molecule has 1 amide bonds. The first-order valence-electron chi connectivity index (χ1n) is 27.6. The molecule has 0 aliphatic carbocycles. The van der Waals surface area contributed by atoms with E-state index in [2.05, 4.69) is 67.8 Å². The third-order valence-electron chi connectivity index (χ3n) is 12.3. The van der Waals surface area contributed by atoms with Crippen LogP contribution in [0.15, 0.2) is 60.8 Å². The van der Waals surface area contributed by atoms with Crippen LogP contribution in [0.2, 0.25) is 0 Å². The molecule has 0 aromatic rings. The van der Waals surface area contributed by atoms with Crippen LogP contribution in [0.4, 0.5) is 0 Å². The van der Waals surface area contributed by atoms with E-state index in [0.717, 1.165) is 64.2 Å². The molecule has 0 aliphatic heterocycles. The molecule has 6 nitrogen and oxygen atoms in total. The fourth-order valence-corrected chi connectivity index (χ4v) is 8.03. The average molecular weight is 896 g/mol. The molecular formula is C58H105NO5. The molecule has 64 heavy (non-hydrogen) atoms. The highest BCUT2D eigenvalue weighted by Crippen LogP contribution is 2.15. The summed E-state index contributed by atoms with van der Waals surface area (Å²) in [5.74, 6) is -0.127. The molecule has 0 radical (unpaired) electrons. The molecule has 6 heteroatoms. The second-order valence-corrected chi connectivity index (χ2v) is 18.5. The maximum Gasteiger partial charge on any atom is 0.305 e. The lowest BCUT2D eigenvalue weighted by Crippen LogP contribution is -2.45. The summed E-state index contributed by atoms with van der Waals surface area (Å²) in [6, 6.07) is -0.631. The van der Waals surface area contributed by atoms with E-state index in [1.165, 1.54) is 180 Å². The number of carbonyl (C=O) groups is 2. The average Bonchev–Trinajstić information content (AvgIpc) is 3.29. The van der Waals surface area contributed by atoms with Crippen LogP contribution in [0.3, 0.4) is 0 Å². The molecule has 0 fully saturated rings. The van der Waals surface area contributed by atoms with Crippen LogP contribution in [-0.4, -0.2) is 47.4 Å². The fraction of sp³-hybridized carbons (Fsp3) is 0.793. The summed E-state index contributed by atoms with van der Waals surface area (Å²) in [5, 5.41) is 23.0. The van der Waals surface area contributed by atoms with Gasteiger partial charge in [-0.1, -0.05) is 235 Å². The molecule has 0 aromatic heterocycles. The third kappa shape index (κ3) is 49.0. The Bertz CT molecular complexity index is 1130. The molecule has 2 unspecified atom stereocenters. The predicted octanol–water partition coefficient (Wildman–Crippen LogP) is 16.8. The maximum absolute atomic E-state index is 12.4. The van der Waals surface area contributed by atoms with E-state index in [1.54, 1.807) is 6.08 Å². The Morgan fingerprint density at radius 1 is 0.438 bits per heavy atom. The minimum Gasteiger partial charge on any atom is -0.465 e. The third-order valence-corrected chi connectivity index (χ3v) is 12.3. The van der Waals surface area contributed by atoms with Gasteiger partial charge in [-0.25, -0.2) is 0 Å². The second-order valence-electron chi connectivity index (χ2n) is 18.5. The highest BCUT2D eigenvalue weighted by atomic mass is 16.5. The minimum atomic E-state index is -0.847. The number of esters is 1. The van der Waals surface area contributed by atoms with Gasteiger partial charge in [0.05, 0.1) is 25.4 Å². The van der Waals surface area contributed by atoms with Gasteiger partial charge >= 0.3 is 5.97 Å². The molecule has 0 aromatic carbocycles. The highest BCUT2D eigenvalue weighted by Gasteiger charge is 2.18. The van der Waals surface area contributed by atoms with Crippen molar-refractivity contribution < 1.29 is 24.5 Å². The minimum absolute atomic E-state index is 0.0504. The van der Waals surface area contributed by atoms with Crippen LogP contribution in [-0.2, 0) is 14.3 Å². The summed E-state index contributed by atoms with van der Waals surface area (Å²) >= 11 is 0. The number of ether oxygens (including phenoxy) is 1. The molecule has 372 valence electrons. The monoisotopic (exact) mass is 896 g/mol. The van der Waals surface area contributed by atoms with Crippen molar-refractivity contribution in [1.82, 2.24) is 5.32 Å². The van der Waals surface area contributed by atoms with E-state index in [9.17, 15) is 19.8 Å². The van der Waals surface area contributed by atoms with Gasteiger partial charge in [-0.05, 0) is 83.5 Å². The van der Waals surface area contributed by atoms with Gasteiger partial charge in [0.1, 0.15) is 0 Å². The molecule has 2 atom stereocenters. The number of hydrogen-bond acceptors (Lipinski definition) is 5. The van der Waals surface area contributed by atoms with Gasteiger partial charge in [0, 0.05) is 12.8 Å². The van der Waals surface area contributed by atoms with Gasteiger partial charge in [0.25, 0.3) is 0 Å². The molecule has 0 saturated carbocycles. The van der Waals surface area contributed by atoms with Crippen LogP contribution < -0.4 is 5.32 Å². The smallest absolute Gasteiger partial charge is 0.305 e. The standard InChI is InChI=1S/C58H105NO5/c1-3-5-7-9-11-13-15-16-17-26-29-32-36-40-44-48-52-58(63)64-53-49-45-41-37-33-30-27-24-22-20-18-19-21-23-25-28-31-35-39-43-47-51-57(62)59-55(54-60)56(61)50-46-42-38-34-14-12-10-8-6-4-2/h13,15,17,26,30,33,41,45-46,50,55-56,60-61H,3-12,14,16,18-25,27-29,31-32,34-40,42-44,47-49,51-54H2,1-2H3,(H,59,62)/b15-13-,26-17-,33-30-,45-41-,50-46+. The van der Waals surface area contributed by atoms with Gasteiger partial charge in [-0.15, -0.1) is 0 Å². The lowest BCUT2D eigenvalue weighted by Gasteiger charge is -2.20. The Morgan fingerprint density at radius 3 is 1.20 bits per heavy atom. The number of amides is 1. The zero-order valence-corrected chi connectivity index (χ0v) is 42.2. The van der Waals surface area contributed by atoms with Crippen molar-refractivity contribution in [2.24, 2.45) is 0 Å². The Hall–Kier alpha value is -2.44. The maximum atomic E-state index is 12.4. The second kappa shape index (κ2) is 53.2. The van der Waals surface area contributed by atoms with Crippen LogP contribution in [0, 0.1) is 0 Å². The Balaban J connectivity index is 3.48. The lowest BCUT2D eigenvalue weighted by atomic mass is 10.0. The van der Waals surface area contributed by atoms with Crippen molar-refractivity contribution in [2.75, 3.05) is 13.2 Å². The summed E-state index contributed by atoms with van der Waals surface area (Å²) < 4.78 is 5.41. The van der Waals surface area contributed by atoms with Crippen LogP contribution in [0.1, 0.15) is 271 Å². The molecule has 0 saturated heterocycles. The summed E-state index contributed by atoms with van der Waals surface area (Å²) in [5.41, 5.74) is 0. The van der Waals surface area contributed by atoms with E-state index >= 15 is 0 Å². The molecular weight excluding hydrogens is 791 g/mol. The van der Waals surface area contributed by atoms with Gasteiger partial charge < -0.3 is 20.3 Å². The van der Waals surface area contributed by atoms with Crippen LogP contribution in [0.5, 0.6) is 0 Å². The molecule has 0 bridgehead atoms. The zero-order chi connectivity index (χ0) is 46.5. The molecule has 0 spiro atoms. The Morgan fingerprint density at radius 2 is 0.781 bits per heavy atom. The first-order valence-corrected chi connectivity index (χ1v) is 27.6. The summed E-state index contributed by atoms with van der Waals surface area (Å²) in [6.07, 6.45) is 68.3. The van der Waals surface area contributed by atoms with E-state index in [0.29, 0.717) is 19.4 Å². The van der Waals surface area contributed by atoms with Gasteiger partial charge in [0.15, 0.2) is 0 Å². The van der Waals surface area contributed by atoms with E-state index < -0.39 is 12.1 Å². The largest absolute Gasteiger partial charge is 0.465 e. The summed E-state index contributed by atoms with van der Waals surface area (Å²) in [7, 11) is 0. The lowest BCUT2D eigenvalue weighted by molar-refractivity contribution is -0.143. The number of unbranched alkanes of at least 4 members (excludes halogenated alkanes) is 31. The van der Waals surface area contributed by atoms with E-state index in [4.69, 9.17) is 4.74 Å². The Kier molecular flexibility index (Phi) is 51.2. The Labute approximate surface area is 397 Å². The number of aliphatic hydroxyl groups is 2. The SMILES string of the molecule is CCCCCC/C=C\C/C=C\CCCCCCCC(=O)OCC/C=C\C/C=C\CCCCCCCCCCCCCCCCC(=O)NC(CO)C(O)/C=C/CCCCCCCCCC. The van der Waals surface area contributed by atoms with Crippen molar-refractivity contribution in [1.29, 1.82) is 0 Å². The van der Waals surface area contributed by atoms with Gasteiger partial charge in [-0.3, -0.25) is 9.59 Å². The van der Waals surface area contributed by atoms with Crippen molar-refractivity contribution in [3.05, 3.63) is 60.8 Å². The first kappa shape index (κ1) is 61.6. The van der Waals surface area contributed by atoms with Crippen molar-refractivity contribution in [3.8, 4) is 0 Å². The molecule has 0 heterocycles. The topological polar surface area (TPSA) is 95.9 Å². The molecule has 3 N–H and O–H groups in total. The highest BCUT2D eigenvalue weighted by molar-refractivity contribution is 5.76. The van der Waals surface area contributed by atoms with Crippen LogP contribution >= 0.6 is 0 Å².